The second-order valence-corrected chi connectivity index (χ2v) is 8.57. The fraction of sp³-hybridized carbons (Fsp3) is 0.217. The number of rotatable bonds is 4. The highest BCUT2D eigenvalue weighted by molar-refractivity contribution is 7.47. The second-order valence-electron chi connectivity index (χ2n) is 7.33. The van der Waals surface area contributed by atoms with E-state index in [1.165, 1.54) is 27.7 Å². The van der Waals surface area contributed by atoms with E-state index in [9.17, 15) is 0 Å². The smallest absolute Gasteiger partial charge is 0.137 e. The summed E-state index contributed by atoms with van der Waals surface area (Å²) in [6.45, 7) is 2.88. The topological polar surface area (TPSA) is 41.1 Å². The van der Waals surface area contributed by atoms with Gasteiger partial charge < -0.3 is 5.32 Å². The van der Waals surface area contributed by atoms with Crippen molar-refractivity contribution in [1.29, 1.82) is 0 Å². The van der Waals surface area contributed by atoms with Crippen molar-refractivity contribution in [2.75, 3.05) is 18.0 Å². The van der Waals surface area contributed by atoms with E-state index in [-0.39, 0.29) is 0 Å². The summed E-state index contributed by atoms with van der Waals surface area (Å²) in [7, 11) is 0.811. The van der Waals surface area contributed by atoms with Gasteiger partial charge in [-0.25, -0.2) is 9.97 Å². The maximum absolute atomic E-state index is 4.59. The Balaban J connectivity index is 1.34. The summed E-state index contributed by atoms with van der Waals surface area (Å²) < 4.78 is 0. The van der Waals surface area contributed by atoms with Crippen molar-refractivity contribution >= 4 is 25.8 Å². The third-order valence-corrected chi connectivity index (χ3v) is 6.77. The maximum atomic E-state index is 4.59. The van der Waals surface area contributed by atoms with Crippen LogP contribution >= 0.6 is 8.58 Å². The molecule has 5 rings (SSSR count). The quantitative estimate of drug-likeness (QED) is 0.693. The van der Waals surface area contributed by atoms with Crippen LogP contribution in [0.4, 0.5) is 5.82 Å². The number of aromatic nitrogens is 2. The lowest BCUT2D eigenvalue weighted by Crippen LogP contribution is -2.31. The first-order chi connectivity index (χ1) is 13.8. The van der Waals surface area contributed by atoms with Gasteiger partial charge in [-0.3, -0.25) is 4.90 Å². The van der Waals surface area contributed by atoms with Crippen LogP contribution < -0.4 is 10.6 Å². The SMILES string of the molecule is C1=C(Nc2ncnc3c2CCN(Cc2ccccc2)C3)CPc2ccccc21. The van der Waals surface area contributed by atoms with Crippen molar-refractivity contribution in [3.8, 4) is 0 Å². The van der Waals surface area contributed by atoms with Crippen LogP contribution in [0.15, 0.2) is 66.6 Å². The standard InChI is InChI=1S/C23H23N4P/c1-2-6-17(7-3-1)13-27-11-10-20-21(14-27)24-16-25-23(20)26-19-12-18-8-4-5-9-22(18)28-15-19/h1-9,12,16,28H,10-11,13-15H2,(H,24,25,26). The third-order valence-electron chi connectivity index (χ3n) is 5.37. The van der Waals surface area contributed by atoms with Gasteiger partial charge in [0.05, 0.1) is 5.69 Å². The Kier molecular flexibility index (Phi) is 4.90. The van der Waals surface area contributed by atoms with E-state index in [2.05, 4.69) is 80.9 Å². The molecule has 4 nitrogen and oxygen atoms in total. The number of fused-ring (bicyclic) bond motifs is 2. The van der Waals surface area contributed by atoms with Crippen molar-refractivity contribution in [2.24, 2.45) is 0 Å². The molecule has 0 spiro atoms. The van der Waals surface area contributed by atoms with E-state index < -0.39 is 0 Å². The monoisotopic (exact) mass is 386 g/mol. The van der Waals surface area contributed by atoms with E-state index in [4.69, 9.17) is 0 Å². The lowest BCUT2D eigenvalue weighted by molar-refractivity contribution is 0.241. The molecule has 0 bridgehead atoms. The van der Waals surface area contributed by atoms with Gasteiger partial charge in [-0.05, 0) is 28.9 Å². The van der Waals surface area contributed by atoms with Crippen LogP contribution in [0.2, 0.25) is 0 Å². The zero-order chi connectivity index (χ0) is 18.8. The number of hydrogen-bond donors (Lipinski definition) is 1. The van der Waals surface area contributed by atoms with Gasteiger partial charge in [0, 0.05) is 37.1 Å². The van der Waals surface area contributed by atoms with Crippen LogP contribution in [0.5, 0.6) is 0 Å². The molecule has 0 amide bonds. The molecule has 1 N–H and O–H groups in total. The Bertz CT molecular complexity index is 1020. The molecule has 1 aromatic heterocycles. The van der Waals surface area contributed by atoms with Crippen LogP contribution in [-0.4, -0.2) is 27.6 Å². The Morgan fingerprint density at radius 3 is 2.79 bits per heavy atom. The Morgan fingerprint density at radius 1 is 1.00 bits per heavy atom. The summed E-state index contributed by atoms with van der Waals surface area (Å²) in [5.74, 6) is 0.986. The van der Waals surface area contributed by atoms with E-state index in [0.717, 1.165) is 52.3 Å². The second kappa shape index (κ2) is 7.83. The van der Waals surface area contributed by atoms with Gasteiger partial charge in [0.1, 0.15) is 12.1 Å². The van der Waals surface area contributed by atoms with Crippen LogP contribution in [0.25, 0.3) is 6.08 Å². The molecule has 0 radical (unpaired) electrons. The summed E-state index contributed by atoms with van der Waals surface area (Å²) in [6, 6.07) is 19.3. The molecule has 0 aliphatic carbocycles. The van der Waals surface area contributed by atoms with E-state index >= 15 is 0 Å². The summed E-state index contributed by atoms with van der Waals surface area (Å²) in [5.41, 5.74) is 6.36. The van der Waals surface area contributed by atoms with Crippen LogP contribution in [0.1, 0.15) is 22.4 Å². The first-order valence-electron chi connectivity index (χ1n) is 9.75. The van der Waals surface area contributed by atoms with Crippen LogP contribution in [-0.2, 0) is 19.5 Å². The number of hydrogen-bond acceptors (Lipinski definition) is 4. The number of anilines is 1. The Hall–Kier alpha value is -2.55. The Morgan fingerprint density at radius 2 is 1.86 bits per heavy atom. The Labute approximate surface area is 167 Å². The molecule has 3 heterocycles. The third kappa shape index (κ3) is 3.71. The first kappa shape index (κ1) is 17.5. The minimum absolute atomic E-state index is 0.811. The summed E-state index contributed by atoms with van der Waals surface area (Å²) in [6.07, 6.45) is 6.01. The van der Waals surface area contributed by atoms with Crippen molar-refractivity contribution < 1.29 is 0 Å². The van der Waals surface area contributed by atoms with Crippen molar-refractivity contribution in [3.05, 3.63) is 89.0 Å². The molecule has 140 valence electrons. The highest BCUT2D eigenvalue weighted by Crippen LogP contribution is 2.29. The summed E-state index contributed by atoms with van der Waals surface area (Å²) >= 11 is 0. The van der Waals surface area contributed by atoms with Crippen molar-refractivity contribution in [1.82, 2.24) is 14.9 Å². The van der Waals surface area contributed by atoms with Crippen molar-refractivity contribution in [2.45, 2.75) is 19.5 Å². The molecule has 0 saturated heterocycles. The van der Waals surface area contributed by atoms with Crippen LogP contribution in [0.3, 0.4) is 0 Å². The zero-order valence-corrected chi connectivity index (χ0v) is 16.7. The molecule has 1 unspecified atom stereocenters. The molecular weight excluding hydrogens is 363 g/mol. The van der Waals surface area contributed by atoms with Gasteiger partial charge in [-0.15, -0.1) is 0 Å². The van der Waals surface area contributed by atoms with E-state index in [1.807, 2.05) is 0 Å². The zero-order valence-electron chi connectivity index (χ0n) is 15.7. The molecule has 2 aliphatic rings. The maximum Gasteiger partial charge on any atom is 0.137 e. The van der Waals surface area contributed by atoms with Crippen molar-refractivity contribution in [3.63, 3.8) is 0 Å². The van der Waals surface area contributed by atoms with E-state index in [1.54, 1.807) is 6.33 Å². The molecule has 0 fully saturated rings. The van der Waals surface area contributed by atoms with Gasteiger partial charge in [-0.2, -0.15) is 0 Å². The lowest BCUT2D eigenvalue weighted by atomic mass is 10.0. The predicted octanol–water partition coefficient (Wildman–Crippen LogP) is 3.81. The highest BCUT2D eigenvalue weighted by Gasteiger charge is 2.22. The largest absolute Gasteiger partial charge is 0.343 e. The van der Waals surface area contributed by atoms with Gasteiger partial charge >= 0.3 is 0 Å². The molecule has 2 aliphatic heterocycles. The molecule has 28 heavy (non-hydrogen) atoms. The number of benzene rings is 2. The van der Waals surface area contributed by atoms with Gasteiger partial charge in [0.15, 0.2) is 0 Å². The number of nitrogens with one attached hydrogen (secondary N) is 1. The van der Waals surface area contributed by atoms with Gasteiger partial charge in [0.25, 0.3) is 0 Å². The normalized spacial score (nSPS) is 16.9. The van der Waals surface area contributed by atoms with Gasteiger partial charge in [-0.1, -0.05) is 63.2 Å². The number of allylic oxidation sites excluding steroid dienone is 1. The minimum atomic E-state index is 0.811. The van der Waals surface area contributed by atoms with Gasteiger partial charge in [0.2, 0.25) is 0 Å². The molecule has 0 saturated carbocycles. The average molecular weight is 386 g/mol. The molecular formula is C23H23N4P. The van der Waals surface area contributed by atoms with E-state index in [0.29, 0.717) is 0 Å². The van der Waals surface area contributed by atoms with Crippen LogP contribution in [0, 0.1) is 0 Å². The summed E-state index contributed by atoms with van der Waals surface area (Å²) in [5, 5.41) is 5.07. The molecule has 5 heteroatoms. The summed E-state index contributed by atoms with van der Waals surface area (Å²) in [4.78, 5) is 11.6. The fourth-order valence-electron chi connectivity index (χ4n) is 3.94. The first-order valence-corrected chi connectivity index (χ1v) is 11.0. The molecule has 3 aromatic rings. The molecule has 1 atom stereocenters. The number of nitrogens with zero attached hydrogens (tertiary/aromatic N) is 3. The average Bonchev–Trinajstić information content (AvgIpc) is 2.74. The highest BCUT2D eigenvalue weighted by atomic mass is 31.1. The molecule has 2 aromatic carbocycles. The predicted molar refractivity (Wildman–Crippen MR) is 117 cm³/mol. The minimum Gasteiger partial charge on any atom is -0.343 e. The lowest BCUT2D eigenvalue weighted by Gasteiger charge is -2.29. The fourth-order valence-corrected chi connectivity index (χ4v) is 5.08.